The lowest BCUT2D eigenvalue weighted by molar-refractivity contribution is 0.207. The highest BCUT2D eigenvalue weighted by molar-refractivity contribution is 5.42. The smallest absolute Gasteiger partial charge is 0.124 e. The Bertz CT molecular complexity index is 519. The molecule has 2 aromatic carbocycles. The molecule has 0 fully saturated rings. The van der Waals surface area contributed by atoms with Gasteiger partial charge in [0.25, 0.3) is 0 Å². The summed E-state index contributed by atoms with van der Waals surface area (Å²) in [6.07, 6.45) is 2.36. The maximum Gasteiger partial charge on any atom is 0.124 e. The lowest BCUT2D eigenvalue weighted by atomic mass is 10.1. The zero-order chi connectivity index (χ0) is 11.7. The highest BCUT2D eigenvalue weighted by Gasteiger charge is 2.23. The van der Waals surface area contributed by atoms with E-state index in [4.69, 9.17) is 10.5 Å². The summed E-state index contributed by atoms with van der Waals surface area (Å²) in [5, 5.41) is 0. The van der Waals surface area contributed by atoms with Crippen LogP contribution in [0.2, 0.25) is 0 Å². The SMILES string of the molecule is Nc1ccc(OC2CCc3ccccc32)cc1. The summed E-state index contributed by atoms with van der Waals surface area (Å²) in [5.74, 6) is 0.890. The Balaban J connectivity index is 1.81. The number of nitrogen functional groups attached to an aromatic ring is 1. The van der Waals surface area contributed by atoms with Crippen molar-refractivity contribution in [2.24, 2.45) is 0 Å². The van der Waals surface area contributed by atoms with Gasteiger partial charge in [0, 0.05) is 5.69 Å². The average Bonchev–Trinajstić information content (AvgIpc) is 2.76. The molecule has 86 valence electrons. The molecule has 0 saturated heterocycles. The number of hydrogen-bond donors (Lipinski definition) is 1. The molecule has 2 N–H and O–H groups in total. The zero-order valence-electron chi connectivity index (χ0n) is 9.60. The second-order valence-corrected chi connectivity index (χ2v) is 4.41. The van der Waals surface area contributed by atoms with Crippen molar-refractivity contribution in [2.75, 3.05) is 5.73 Å². The van der Waals surface area contributed by atoms with Crippen LogP contribution >= 0.6 is 0 Å². The first-order valence-corrected chi connectivity index (χ1v) is 5.93. The van der Waals surface area contributed by atoms with E-state index in [1.807, 2.05) is 24.3 Å². The molecule has 2 nitrogen and oxygen atoms in total. The summed E-state index contributed by atoms with van der Waals surface area (Å²) >= 11 is 0. The molecule has 1 aliphatic rings. The molecule has 1 atom stereocenters. The van der Waals surface area contributed by atoms with Gasteiger partial charge in [0.1, 0.15) is 11.9 Å². The van der Waals surface area contributed by atoms with Gasteiger partial charge < -0.3 is 10.5 Å². The van der Waals surface area contributed by atoms with Crippen molar-refractivity contribution >= 4 is 5.69 Å². The fourth-order valence-electron chi connectivity index (χ4n) is 2.35. The van der Waals surface area contributed by atoms with E-state index in [9.17, 15) is 0 Å². The number of hydrogen-bond acceptors (Lipinski definition) is 2. The highest BCUT2D eigenvalue weighted by atomic mass is 16.5. The molecule has 0 spiro atoms. The van der Waals surface area contributed by atoms with E-state index in [1.165, 1.54) is 11.1 Å². The first-order valence-electron chi connectivity index (χ1n) is 5.93. The number of aryl methyl sites for hydroxylation is 1. The van der Waals surface area contributed by atoms with E-state index in [-0.39, 0.29) is 6.10 Å². The number of nitrogens with two attached hydrogens (primary N) is 1. The molecule has 0 aliphatic heterocycles. The molecular weight excluding hydrogens is 210 g/mol. The van der Waals surface area contributed by atoms with Crippen molar-refractivity contribution in [1.82, 2.24) is 0 Å². The van der Waals surface area contributed by atoms with Gasteiger partial charge in [-0.2, -0.15) is 0 Å². The fraction of sp³-hybridized carbons (Fsp3) is 0.200. The van der Waals surface area contributed by atoms with Crippen LogP contribution in [0.25, 0.3) is 0 Å². The molecule has 0 amide bonds. The van der Waals surface area contributed by atoms with Gasteiger partial charge in [-0.05, 0) is 48.2 Å². The van der Waals surface area contributed by atoms with Crippen LogP contribution in [0, 0.1) is 0 Å². The molecule has 2 heteroatoms. The van der Waals surface area contributed by atoms with Crippen molar-refractivity contribution in [3.8, 4) is 5.75 Å². The van der Waals surface area contributed by atoms with E-state index >= 15 is 0 Å². The molecule has 1 unspecified atom stereocenters. The third-order valence-electron chi connectivity index (χ3n) is 3.24. The zero-order valence-corrected chi connectivity index (χ0v) is 9.60. The standard InChI is InChI=1S/C15H15NO/c16-12-6-8-13(9-7-12)17-15-10-5-11-3-1-2-4-14(11)15/h1-4,6-9,15H,5,10,16H2. The lowest BCUT2D eigenvalue weighted by Gasteiger charge is -2.14. The van der Waals surface area contributed by atoms with Gasteiger partial charge in [0.15, 0.2) is 0 Å². The molecule has 0 aromatic heterocycles. The molecule has 2 aromatic rings. The maximum atomic E-state index is 6.00. The predicted molar refractivity (Wildman–Crippen MR) is 69.0 cm³/mol. The number of fused-ring (bicyclic) bond motifs is 1. The Morgan fingerprint density at radius 2 is 1.76 bits per heavy atom. The summed E-state index contributed by atoms with van der Waals surface area (Å²) in [4.78, 5) is 0. The monoisotopic (exact) mass is 225 g/mol. The fourth-order valence-corrected chi connectivity index (χ4v) is 2.35. The van der Waals surface area contributed by atoms with Gasteiger partial charge in [-0.15, -0.1) is 0 Å². The second-order valence-electron chi connectivity index (χ2n) is 4.41. The second kappa shape index (κ2) is 4.13. The largest absolute Gasteiger partial charge is 0.486 e. The van der Waals surface area contributed by atoms with Crippen molar-refractivity contribution in [1.29, 1.82) is 0 Å². The number of benzene rings is 2. The number of rotatable bonds is 2. The normalized spacial score (nSPS) is 17.8. The van der Waals surface area contributed by atoms with Gasteiger partial charge in [-0.1, -0.05) is 24.3 Å². The Morgan fingerprint density at radius 3 is 2.59 bits per heavy atom. The third-order valence-corrected chi connectivity index (χ3v) is 3.24. The van der Waals surface area contributed by atoms with E-state index in [0.717, 1.165) is 24.3 Å². The molecule has 17 heavy (non-hydrogen) atoms. The summed E-state index contributed by atoms with van der Waals surface area (Å²) in [6.45, 7) is 0. The highest BCUT2D eigenvalue weighted by Crippen LogP contribution is 2.34. The summed E-state index contributed by atoms with van der Waals surface area (Å²) in [7, 11) is 0. The Hall–Kier alpha value is -1.96. The molecule has 0 heterocycles. The van der Waals surface area contributed by atoms with Gasteiger partial charge in [-0.25, -0.2) is 0 Å². The lowest BCUT2D eigenvalue weighted by Crippen LogP contribution is -2.03. The number of ether oxygens (including phenoxy) is 1. The van der Waals surface area contributed by atoms with Crippen LogP contribution in [-0.4, -0.2) is 0 Å². The van der Waals surface area contributed by atoms with E-state index in [2.05, 4.69) is 24.3 Å². The minimum absolute atomic E-state index is 0.190. The van der Waals surface area contributed by atoms with Crippen LogP contribution in [0.1, 0.15) is 23.7 Å². The third kappa shape index (κ3) is 1.98. The van der Waals surface area contributed by atoms with E-state index in [1.54, 1.807) is 0 Å². The molecule has 0 radical (unpaired) electrons. The molecule has 0 saturated carbocycles. The van der Waals surface area contributed by atoms with Crippen molar-refractivity contribution in [3.63, 3.8) is 0 Å². The molecule has 3 rings (SSSR count). The van der Waals surface area contributed by atoms with Gasteiger partial charge in [0.2, 0.25) is 0 Å². The van der Waals surface area contributed by atoms with Crippen LogP contribution in [0.4, 0.5) is 5.69 Å². The van der Waals surface area contributed by atoms with Crippen LogP contribution < -0.4 is 10.5 Å². The Morgan fingerprint density at radius 1 is 1.00 bits per heavy atom. The quantitative estimate of drug-likeness (QED) is 0.795. The topological polar surface area (TPSA) is 35.2 Å². The number of anilines is 1. The maximum absolute atomic E-state index is 6.00. The average molecular weight is 225 g/mol. The Labute approximate surface area is 101 Å². The minimum atomic E-state index is 0.190. The van der Waals surface area contributed by atoms with Crippen molar-refractivity contribution < 1.29 is 4.74 Å². The van der Waals surface area contributed by atoms with Crippen molar-refractivity contribution in [3.05, 3.63) is 59.7 Å². The van der Waals surface area contributed by atoms with Crippen LogP contribution in [0.15, 0.2) is 48.5 Å². The predicted octanol–water partition coefficient (Wildman–Crippen LogP) is 3.34. The summed E-state index contributed by atoms with van der Waals surface area (Å²) in [5.41, 5.74) is 9.16. The molecular formula is C15H15NO. The van der Waals surface area contributed by atoms with Gasteiger partial charge in [-0.3, -0.25) is 0 Å². The minimum Gasteiger partial charge on any atom is -0.486 e. The summed E-state index contributed by atoms with van der Waals surface area (Å²) < 4.78 is 6.00. The first-order chi connectivity index (χ1) is 8.33. The van der Waals surface area contributed by atoms with E-state index in [0.29, 0.717) is 0 Å². The molecule has 0 bridgehead atoms. The van der Waals surface area contributed by atoms with E-state index < -0.39 is 0 Å². The van der Waals surface area contributed by atoms with Crippen molar-refractivity contribution in [2.45, 2.75) is 18.9 Å². The Kier molecular flexibility index (Phi) is 2.48. The van der Waals surface area contributed by atoms with Gasteiger partial charge in [0.05, 0.1) is 0 Å². The van der Waals surface area contributed by atoms with Gasteiger partial charge >= 0.3 is 0 Å². The first kappa shape index (κ1) is 10.2. The van der Waals surface area contributed by atoms with Crippen LogP contribution in [-0.2, 0) is 6.42 Å². The molecule has 1 aliphatic carbocycles. The summed E-state index contributed by atoms with van der Waals surface area (Å²) in [6, 6.07) is 16.1. The van der Waals surface area contributed by atoms with Crippen LogP contribution in [0.5, 0.6) is 5.75 Å². The van der Waals surface area contributed by atoms with Crippen LogP contribution in [0.3, 0.4) is 0 Å².